The zero-order valence-electron chi connectivity index (χ0n) is 23.2. The van der Waals surface area contributed by atoms with E-state index in [9.17, 15) is 24.3 Å². The lowest BCUT2D eigenvalue weighted by Crippen LogP contribution is -2.57. The minimum atomic E-state index is -1.20. The third kappa shape index (κ3) is 5.88. The minimum Gasteiger partial charge on any atom is -0.489 e. The molecule has 1 aromatic carbocycles. The number of allylic oxidation sites excluding steroid dienone is 1. The van der Waals surface area contributed by atoms with E-state index in [1.54, 1.807) is 25.7 Å². The van der Waals surface area contributed by atoms with Gasteiger partial charge in [-0.15, -0.1) is 0 Å². The van der Waals surface area contributed by atoms with E-state index in [4.69, 9.17) is 14.2 Å². The van der Waals surface area contributed by atoms with Crippen molar-refractivity contribution in [3.8, 4) is 5.75 Å². The average Bonchev–Trinajstić information content (AvgIpc) is 3.30. The normalized spacial score (nSPS) is 26.9. The number of carboxylic acids is 1. The number of ether oxygens (including phenoxy) is 3. The molecule has 1 unspecified atom stereocenters. The van der Waals surface area contributed by atoms with Gasteiger partial charge < -0.3 is 29.5 Å². The van der Waals surface area contributed by atoms with E-state index in [2.05, 4.69) is 5.32 Å². The molecule has 0 radical (unpaired) electrons. The SMILES string of the molecule is CC(C)(C)[C@@H]1NC(=O)OCC2(CC=CCOc3cccc4c3CN(C4)C(=O)O[C@@H]3CC(C(=O)O)N(C3)C1=O)CC2. The highest BCUT2D eigenvalue weighted by molar-refractivity contribution is 5.90. The molecule has 216 valence electrons. The largest absolute Gasteiger partial charge is 0.489 e. The first-order chi connectivity index (χ1) is 19.0. The summed E-state index contributed by atoms with van der Waals surface area (Å²) in [7, 11) is 0. The summed E-state index contributed by atoms with van der Waals surface area (Å²) in [6.45, 7) is 6.51. The topological polar surface area (TPSA) is 135 Å². The summed E-state index contributed by atoms with van der Waals surface area (Å²) in [5.41, 5.74) is 1.01. The Labute approximate surface area is 233 Å². The maximum Gasteiger partial charge on any atom is 0.410 e. The van der Waals surface area contributed by atoms with Crippen molar-refractivity contribution in [3.05, 3.63) is 41.5 Å². The van der Waals surface area contributed by atoms with Crippen LogP contribution in [0.25, 0.3) is 0 Å². The number of aliphatic carboxylic acids is 1. The Morgan fingerprint density at radius 3 is 2.58 bits per heavy atom. The summed E-state index contributed by atoms with van der Waals surface area (Å²) < 4.78 is 17.3. The van der Waals surface area contributed by atoms with Crippen LogP contribution in [0.15, 0.2) is 30.4 Å². The highest BCUT2D eigenvalue weighted by atomic mass is 16.6. The van der Waals surface area contributed by atoms with Crippen LogP contribution in [0.4, 0.5) is 9.59 Å². The summed E-state index contributed by atoms with van der Waals surface area (Å²) in [4.78, 5) is 54.5. The second-order valence-electron chi connectivity index (χ2n) is 12.3. The fraction of sp³-hybridized carbons (Fsp3) is 0.586. The summed E-state index contributed by atoms with van der Waals surface area (Å²) in [6, 6.07) is 3.47. The molecule has 0 aromatic heterocycles. The summed E-state index contributed by atoms with van der Waals surface area (Å²) >= 11 is 0. The van der Waals surface area contributed by atoms with Crippen LogP contribution < -0.4 is 10.1 Å². The number of benzene rings is 1. The molecule has 3 amide bonds. The molecular formula is C29H37N3O8. The summed E-state index contributed by atoms with van der Waals surface area (Å²) in [5.74, 6) is -1.06. The number of nitrogens with one attached hydrogen (secondary N) is 1. The number of fused-ring (bicyclic) bond motifs is 3. The number of rotatable bonds is 1. The highest BCUT2D eigenvalue weighted by Crippen LogP contribution is 2.49. The third-order valence-corrected chi connectivity index (χ3v) is 8.19. The van der Waals surface area contributed by atoms with E-state index in [1.165, 1.54) is 4.90 Å². The van der Waals surface area contributed by atoms with Crippen LogP contribution in [-0.4, -0.2) is 76.9 Å². The van der Waals surface area contributed by atoms with Crippen LogP contribution >= 0.6 is 0 Å². The number of amides is 3. The van der Waals surface area contributed by atoms with Crippen molar-refractivity contribution in [3.63, 3.8) is 0 Å². The van der Waals surface area contributed by atoms with E-state index < -0.39 is 47.7 Å². The maximum absolute atomic E-state index is 13.7. The fourth-order valence-electron chi connectivity index (χ4n) is 5.55. The van der Waals surface area contributed by atoms with Crippen molar-refractivity contribution >= 4 is 24.1 Å². The van der Waals surface area contributed by atoms with Crippen molar-refractivity contribution in [1.29, 1.82) is 0 Å². The molecule has 40 heavy (non-hydrogen) atoms. The first kappa shape index (κ1) is 27.8. The molecule has 5 rings (SSSR count). The Kier molecular flexibility index (Phi) is 7.41. The molecular weight excluding hydrogens is 518 g/mol. The summed E-state index contributed by atoms with van der Waals surface area (Å²) in [6.07, 6.45) is 4.40. The Balaban J connectivity index is 1.40. The van der Waals surface area contributed by atoms with Crippen molar-refractivity contribution in [2.45, 2.75) is 77.7 Å². The van der Waals surface area contributed by atoms with Gasteiger partial charge in [0.2, 0.25) is 5.91 Å². The number of carbonyl (C=O) groups excluding carboxylic acids is 3. The van der Waals surface area contributed by atoms with Crippen LogP contribution in [0.5, 0.6) is 5.75 Å². The van der Waals surface area contributed by atoms with Gasteiger partial charge in [0.15, 0.2) is 0 Å². The molecule has 4 bridgehead atoms. The first-order valence-corrected chi connectivity index (χ1v) is 13.8. The maximum atomic E-state index is 13.7. The molecule has 11 heteroatoms. The molecule has 3 atom stereocenters. The van der Waals surface area contributed by atoms with Gasteiger partial charge in [-0.3, -0.25) is 9.69 Å². The zero-order chi connectivity index (χ0) is 28.7. The molecule has 1 aliphatic carbocycles. The average molecular weight is 556 g/mol. The van der Waals surface area contributed by atoms with E-state index in [1.807, 2.05) is 30.4 Å². The van der Waals surface area contributed by atoms with Gasteiger partial charge >= 0.3 is 18.2 Å². The monoisotopic (exact) mass is 555 g/mol. The molecule has 1 saturated heterocycles. The molecule has 1 aromatic rings. The Morgan fingerprint density at radius 2 is 1.88 bits per heavy atom. The van der Waals surface area contributed by atoms with Crippen LogP contribution in [0.2, 0.25) is 0 Å². The third-order valence-electron chi connectivity index (χ3n) is 8.19. The lowest BCUT2D eigenvalue weighted by Gasteiger charge is -2.34. The molecule has 2 fully saturated rings. The second-order valence-corrected chi connectivity index (χ2v) is 12.3. The van der Waals surface area contributed by atoms with Crippen LogP contribution in [0.1, 0.15) is 57.6 Å². The van der Waals surface area contributed by atoms with E-state index in [0.29, 0.717) is 25.4 Å². The van der Waals surface area contributed by atoms with E-state index >= 15 is 0 Å². The number of carboxylic acid groups (broad SMARTS) is 1. The quantitative estimate of drug-likeness (QED) is 0.503. The number of hydrogen-bond acceptors (Lipinski definition) is 7. The number of carbonyl (C=O) groups is 4. The van der Waals surface area contributed by atoms with Crippen LogP contribution in [0, 0.1) is 10.8 Å². The van der Waals surface area contributed by atoms with Crippen LogP contribution in [0.3, 0.4) is 0 Å². The lowest BCUT2D eigenvalue weighted by atomic mass is 9.85. The second kappa shape index (κ2) is 10.7. The zero-order valence-corrected chi connectivity index (χ0v) is 23.2. The van der Waals surface area contributed by atoms with Crippen molar-refractivity contribution < 1.29 is 38.5 Å². The van der Waals surface area contributed by atoms with Crippen molar-refractivity contribution in [2.75, 3.05) is 19.8 Å². The smallest absolute Gasteiger partial charge is 0.410 e. The Bertz CT molecular complexity index is 1220. The highest BCUT2D eigenvalue weighted by Gasteiger charge is 2.47. The van der Waals surface area contributed by atoms with Gasteiger partial charge in [0, 0.05) is 23.9 Å². The number of cyclic esters (lactones) is 1. The minimum absolute atomic E-state index is 0.0435. The molecule has 3 aliphatic heterocycles. The standard InChI is InChI=1S/C29H37N3O8/c1-28(2,3)23-24(33)32-15-19(13-21(32)25(34)35)40-27(37)31-14-18-7-6-8-22(20(18)16-31)38-12-5-4-9-29(10-11-29)17-39-26(36)30-23/h4-8,19,21,23H,9-17H2,1-3H3,(H,30,36)(H,34,35)/t19-,21?,23-/m1/s1. The molecule has 11 nitrogen and oxygen atoms in total. The van der Waals surface area contributed by atoms with Gasteiger partial charge in [0.25, 0.3) is 0 Å². The Hall–Kier alpha value is -3.76. The van der Waals surface area contributed by atoms with Gasteiger partial charge in [0.1, 0.15) is 30.5 Å². The van der Waals surface area contributed by atoms with Crippen molar-refractivity contribution in [1.82, 2.24) is 15.1 Å². The number of alkyl carbamates (subject to hydrolysis) is 1. The van der Waals surface area contributed by atoms with E-state index in [0.717, 1.165) is 30.4 Å². The van der Waals surface area contributed by atoms with Crippen LogP contribution in [-0.2, 0) is 32.2 Å². The van der Waals surface area contributed by atoms with Gasteiger partial charge in [0.05, 0.1) is 19.7 Å². The molecule has 4 aliphatic rings. The Morgan fingerprint density at radius 1 is 1.10 bits per heavy atom. The predicted molar refractivity (Wildman–Crippen MR) is 142 cm³/mol. The van der Waals surface area contributed by atoms with Gasteiger partial charge in [-0.1, -0.05) is 45.1 Å². The number of nitrogens with zero attached hydrogens (tertiary/aromatic N) is 2. The lowest BCUT2D eigenvalue weighted by molar-refractivity contribution is -0.150. The van der Waals surface area contributed by atoms with Gasteiger partial charge in [-0.25, -0.2) is 14.4 Å². The fourth-order valence-corrected chi connectivity index (χ4v) is 5.55. The molecule has 1 spiro atoms. The molecule has 3 heterocycles. The first-order valence-electron chi connectivity index (χ1n) is 13.8. The van der Waals surface area contributed by atoms with Gasteiger partial charge in [-0.2, -0.15) is 0 Å². The van der Waals surface area contributed by atoms with E-state index in [-0.39, 0.29) is 25.0 Å². The van der Waals surface area contributed by atoms with Crippen molar-refractivity contribution in [2.24, 2.45) is 10.8 Å². The predicted octanol–water partition coefficient (Wildman–Crippen LogP) is 3.45. The van der Waals surface area contributed by atoms with Gasteiger partial charge in [-0.05, 0) is 36.3 Å². The molecule has 1 saturated carbocycles. The number of hydrogen-bond donors (Lipinski definition) is 2. The summed E-state index contributed by atoms with van der Waals surface area (Å²) in [5, 5.41) is 12.6. The molecule has 2 N–H and O–H groups in total.